The Morgan fingerprint density at radius 3 is 2.28 bits per heavy atom. The molecule has 1 saturated carbocycles. The minimum absolute atomic E-state index is 0.0482. The molecule has 0 radical (unpaired) electrons. The van der Waals surface area contributed by atoms with Crippen molar-refractivity contribution >= 4 is 11.9 Å². The average molecular weight is 339 g/mol. The number of benzene rings is 1. The fourth-order valence-electron chi connectivity index (χ4n) is 5.01. The molecular formula is C21H25NO3. The van der Waals surface area contributed by atoms with Gasteiger partial charge in [0, 0.05) is 13.1 Å². The molecule has 2 aliphatic carbocycles. The van der Waals surface area contributed by atoms with Crippen molar-refractivity contribution in [2.24, 2.45) is 29.6 Å². The van der Waals surface area contributed by atoms with Crippen LogP contribution in [-0.2, 0) is 16.0 Å². The number of carbonyl (C=O) groups excluding carboxylic acids is 1. The second kappa shape index (κ2) is 6.66. The van der Waals surface area contributed by atoms with Crippen LogP contribution in [0.15, 0.2) is 42.5 Å². The Balaban J connectivity index is 1.37. The zero-order chi connectivity index (χ0) is 17.4. The largest absolute Gasteiger partial charge is 0.481 e. The minimum Gasteiger partial charge on any atom is -0.481 e. The molecule has 1 heterocycles. The highest BCUT2D eigenvalue weighted by molar-refractivity contribution is 5.87. The number of allylic oxidation sites excluding steroid dienone is 2. The van der Waals surface area contributed by atoms with Crippen molar-refractivity contribution in [3.05, 3.63) is 48.0 Å². The molecule has 1 aliphatic heterocycles. The van der Waals surface area contributed by atoms with Crippen LogP contribution in [0.4, 0.5) is 0 Å². The number of aliphatic carboxylic acids is 1. The molecule has 1 aromatic carbocycles. The molecule has 2 bridgehead atoms. The smallest absolute Gasteiger partial charge is 0.307 e. The zero-order valence-corrected chi connectivity index (χ0v) is 14.4. The lowest BCUT2D eigenvalue weighted by Crippen LogP contribution is -2.46. The molecule has 4 atom stereocenters. The highest BCUT2D eigenvalue weighted by Crippen LogP contribution is 2.49. The Hall–Kier alpha value is -2.10. The topological polar surface area (TPSA) is 57.6 Å². The fourth-order valence-corrected chi connectivity index (χ4v) is 5.01. The van der Waals surface area contributed by atoms with Crippen molar-refractivity contribution in [3.8, 4) is 0 Å². The minimum atomic E-state index is -0.811. The van der Waals surface area contributed by atoms with E-state index < -0.39 is 11.9 Å². The highest BCUT2D eigenvalue weighted by atomic mass is 16.4. The number of hydrogen-bond acceptors (Lipinski definition) is 2. The maximum absolute atomic E-state index is 13.0. The van der Waals surface area contributed by atoms with E-state index in [2.05, 4.69) is 30.3 Å². The number of likely N-dealkylation sites (tertiary alicyclic amines) is 1. The standard InChI is InChI=1S/C21H25NO3/c23-20(18-16-6-7-17(13-16)19(18)21(24)25)22-10-8-15(9-11-22)12-14-4-2-1-3-5-14/h1-7,15-19H,8-13H2,(H,24,25)/t16-,17+,18+,19+/m0/s1. The highest BCUT2D eigenvalue weighted by Gasteiger charge is 2.52. The Morgan fingerprint density at radius 1 is 1.00 bits per heavy atom. The summed E-state index contributed by atoms with van der Waals surface area (Å²) in [5.41, 5.74) is 1.36. The third-order valence-electron chi connectivity index (χ3n) is 6.32. The van der Waals surface area contributed by atoms with E-state index in [1.165, 1.54) is 5.56 Å². The van der Waals surface area contributed by atoms with Crippen molar-refractivity contribution in [1.82, 2.24) is 4.90 Å². The van der Waals surface area contributed by atoms with E-state index in [0.29, 0.717) is 5.92 Å². The first-order chi connectivity index (χ1) is 12.1. The van der Waals surface area contributed by atoms with Crippen molar-refractivity contribution in [1.29, 1.82) is 0 Å². The second-order valence-corrected chi connectivity index (χ2v) is 7.80. The van der Waals surface area contributed by atoms with Gasteiger partial charge in [0.1, 0.15) is 0 Å². The summed E-state index contributed by atoms with van der Waals surface area (Å²) in [6, 6.07) is 10.5. The van der Waals surface area contributed by atoms with Gasteiger partial charge in [0.2, 0.25) is 5.91 Å². The van der Waals surface area contributed by atoms with Crippen LogP contribution in [0.2, 0.25) is 0 Å². The van der Waals surface area contributed by atoms with Gasteiger partial charge in [-0.1, -0.05) is 42.5 Å². The van der Waals surface area contributed by atoms with Gasteiger partial charge in [0.25, 0.3) is 0 Å². The van der Waals surface area contributed by atoms with Crippen LogP contribution in [0.5, 0.6) is 0 Å². The maximum Gasteiger partial charge on any atom is 0.307 e. The molecule has 4 heteroatoms. The van der Waals surface area contributed by atoms with Crippen LogP contribution in [-0.4, -0.2) is 35.0 Å². The van der Waals surface area contributed by atoms with Gasteiger partial charge in [-0.2, -0.15) is 0 Å². The van der Waals surface area contributed by atoms with E-state index in [-0.39, 0.29) is 23.7 Å². The summed E-state index contributed by atoms with van der Waals surface area (Å²) in [6.45, 7) is 1.53. The summed E-state index contributed by atoms with van der Waals surface area (Å²) < 4.78 is 0. The van der Waals surface area contributed by atoms with Crippen molar-refractivity contribution in [2.75, 3.05) is 13.1 Å². The van der Waals surface area contributed by atoms with Gasteiger partial charge in [-0.3, -0.25) is 9.59 Å². The van der Waals surface area contributed by atoms with Crippen LogP contribution in [0.3, 0.4) is 0 Å². The molecule has 1 N–H and O–H groups in total. The number of carboxylic acids is 1. The molecule has 25 heavy (non-hydrogen) atoms. The quantitative estimate of drug-likeness (QED) is 0.858. The van der Waals surface area contributed by atoms with E-state index in [9.17, 15) is 14.7 Å². The normalized spacial score (nSPS) is 31.4. The van der Waals surface area contributed by atoms with E-state index in [1.807, 2.05) is 17.0 Å². The number of nitrogens with zero attached hydrogens (tertiary/aromatic N) is 1. The average Bonchev–Trinajstić information content (AvgIpc) is 3.24. The first-order valence-electron chi connectivity index (χ1n) is 9.37. The molecule has 4 rings (SSSR count). The van der Waals surface area contributed by atoms with Gasteiger partial charge in [0.15, 0.2) is 0 Å². The molecule has 2 fully saturated rings. The Bertz CT molecular complexity index is 676. The summed E-state index contributed by atoms with van der Waals surface area (Å²) in [4.78, 5) is 26.6. The predicted octanol–water partition coefficient (Wildman–Crippen LogP) is 2.99. The number of fused-ring (bicyclic) bond motifs is 2. The molecule has 0 spiro atoms. The number of rotatable bonds is 4. The fraction of sp³-hybridized carbons (Fsp3) is 0.524. The Morgan fingerprint density at radius 2 is 1.64 bits per heavy atom. The van der Waals surface area contributed by atoms with E-state index in [0.717, 1.165) is 38.8 Å². The van der Waals surface area contributed by atoms with Gasteiger partial charge >= 0.3 is 5.97 Å². The van der Waals surface area contributed by atoms with Gasteiger partial charge in [0.05, 0.1) is 11.8 Å². The summed E-state index contributed by atoms with van der Waals surface area (Å²) in [5.74, 6) is -0.825. The van der Waals surface area contributed by atoms with E-state index >= 15 is 0 Å². The SMILES string of the molecule is O=C(O)[C@H]1[C@H](C(=O)N2CCC(Cc3ccccc3)CC2)[C@H]2C=C[C@@H]1C2. The van der Waals surface area contributed by atoms with Gasteiger partial charge < -0.3 is 10.0 Å². The van der Waals surface area contributed by atoms with Crippen LogP contribution < -0.4 is 0 Å². The number of carboxylic acid groups (broad SMARTS) is 1. The first-order valence-corrected chi connectivity index (χ1v) is 9.37. The maximum atomic E-state index is 13.0. The van der Waals surface area contributed by atoms with Gasteiger partial charge in [-0.05, 0) is 49.0 Å². The van der Waals surface area contributed by atoms with Crippen LogP contribution in [0, 0.1) is 29.6 Å². The molecule has 132 valence electrons. The molecule has 1 saturated heterocycles. The molecule has 3 aliphatic rings. The van der Waals surface area contributed by atoms with Crippen molar-refractivity contribution in [2.45, 2.75) is 25.7 Å². The van der Waals surface area contributed by atoms with Gasteiger partial charge in [-0.25, -0.2) is 0 Å². The Kier molecular flexibility index (Phi) is 4.36. The molecule has 0 aromatic heterocycles. The molecule has 4 nitrogen and oxygen atoms in total. The van der Waals surface area contributed by atoms with Crippen LogP contribution in [0.25, 0.3) is 0 Å². The number of amides is 1. The monoisotopic (exact) mass is 339 g/mol. The summed E-state index contributed by atoms with van der Waals surface area (Å²) in [7, 11) is 0. The van der Waals surface area contributed by atoms with E-state index in [4.69, 9.17) is 0 Å². The zero-order valence-electron chi connectivity index (χ0n) is 14.4. The number of piperidine rings is 1. The second-order valence-electron chi connectivity index (χ2n) is 7.80. The molecule has 0 unspecified atom stereocenters. The van der Waals surface area contributed by atoms with Gasteiger partial charge in [-0.15, -0.1) is 0 Å². The molecular weight excluding hydrogens is 314 g/mol. The third-order valence-corrected chi connectivity index (χ3v) is 6.32. The third kappa shape index (κ3) is 3.10. The molecule has 1 aromatic rings. The van der Waals surface area contributed by atoms with Crippen LogP contribution in [0.1, 0.15) is 24.8 Å². The summed E-state index contributed by atoms with van der Waals surface area (Å²) in [6.07, 6.45) is 7.98. The lowest BCUT2D eigenvalue weighted by molar-refractivity contribution is -0.151. The van der Waals surface area contributed by atoms with Crippen molar-refractivity contribution < 1.29 is 14.7 Å². The summed E-state index contributed by atoms with van der Waals surface area (Å²) >= 11 is 0. The first kappa shape index (κ1) is 16.4. The number of carbonyl (C=O) groups is 2. The summed E-state index contributed by atoms with van der Waals surface area (Å²) in [5, 5.41) is 9.55. The van der Waals surface area contributed by atoms with Crippen LogP contribution >= 0.6 is 0 Å². The molecule has 1 amide bonds. The number of hydrogen-bond donors (Lipinski definition) is 1. The lowest BCUT2D eigenvalue weighted by atomic mass is 9.81. The lowest BCUT2D eigenvalue weighted by Gasteiger charge is -2.36. The predicted molar refractivity (Wildman–Crippen MR) is 94.8 cm³/mol. The van der Waals surface area contributed by atoms with E-state index in [1.54, 1.807) is 0 Å². The Labute approximate surface area is 148 Å². The van der Waals surface area contributed by atoms with Crippen molar-refractivity contribution in [3.63, 3.8) is 0 Å².